The van der Waals surface area contributed by atoms with Crippen LogP contribution in [0.5, 0.6) is 11.6 Å². The average molecular weight is 282 g/mol. The summed E-state index contributed by atoms with van der Waals surface area (Å²) in [5.41, 5.74) is 0.800. The first kappa shape index (κ1) is 14.3. The maximum Gasteiger partial charge on any atom is 0.304 e. The van der Waals surface area contributed by atoms with Gasteiger partial charge in [-0.25, -0.2) is 15.3 Å². The average Bonchev–Trinajstić information content (AvgIpc) is 2.54. The van der Waals surface area contributed by atoms with Gasteiger partial charge in [-0.3, -0.25) is 0 Å². The van der Waals surface area contributed by atoms with Crippen molar-refractivity contribution in [3.8, 4) is 17.8 Å². The zero-order chi connectivity index (χ0) is 14.9. The molecule has 2 rings (SSSR count). The van der Waals surface area contributed by atoms with Gasteiger partial charge in [0.25, 0.3) is 0 Å². The van der Waals surface area contributed by atoms with Crippen LogP contribution >= 0.6 is 0 Å². The fourth-order valence-corrected chi connectivity index (χ4v) is 1.63. The van der Waals surface area contributed by atoms with E-state index in [1.54, 1.807) is 37.7 Å². The molecule has 6 nitrogen and oxygen atoms in total. The lowest BCUT2D eigenvalue weighted by atomic mass is 10.3. The Hall–Kier alpha value is -3.07. The van der Waals surface area contributed by atoms with Crippen molar-refractivity contribution in [3.63, 3.8) is 0 Å². The Morgan fingerprint density at radius 3 is 2.81 bits per heavy atom. The summed E-state index contributed by atoms with van der Waals surface area (Å²) in [4.78, 5) is 8.32. The summed E-state index contributed by atoms with van der Waals surface area (Å²) in [6.45, 7) is 0.286. The van der Waals surface area contributed by atoms with E-state index in [0.29, 0.717) is 11.6 Å². The van der Waals surface area contributed by atoms with Crippen molar-refractivity contribution in [2.45, 2.75) is 6.54 Å². The second-order valence-electron chi connectivity index (χ2n) is 3.95. The van der Waals surface area contributed by atoms with Crippen molar-refractivity contribution in [3.05, 3.63) is 54.2 Å². The number of nitrogens with zero attached hydrogens (tertiary/aromatic N) is 3. The van der Waals surface area contributed by atoms with Gasteiger partial charge in [0.2, 0.25) is 5.88 Å². The van der Waals surface area contributed by atoms with E-state index >= 15 is 0 Å². The van der Waals surface area contributed by atoms with Crippen LogP contribution in [0, 0.1) is 11.5 Å². The first-order valence-corrected chi connectivity index (χ1v) is 6.24. The normalized spacial score (nSPS) is 10.6. The Kier molecular flexibility index (Phi) is 5.12. The summed E-state index contributed by atoms with van der Waals surface area (Å²) >= 11 is 0. The number of aromatic nitrogens is 1. The Morgan fingerprint density at radius 2 is 2.10 bits per heavy atom. The van der Waals surface area contributed by atoms with E-state index < -0.39 is 0 Å². The minimum atomic E-state index is 0.120. The smallest absolute Gasteiger partial charge is 0.304 e. The maximum atomic E-state index is 8.75. The second kappa shape index (κ2) is 7.50. The predicted molar refractivity (Wildman–Crippen MR) is 77.7 cm³/mol. The van der Waals surface area contributed by atoms with E-state index in [4.69, 9.17) is 14.7 Å². The molecule has 1 heterocycles. The topological polar surface area (TPSA) is 79.5 Å². The monoisotopic (exact) mass is 282 g/mol. The van der Waals surface area contributed by atoms with Crippen LogP contribution in [-0.4, -0.2) is 18.1 Å². The first-order chi connectivity index (χ1) is 10.3. The van der Waals surface area contributed by atoms with Gasteiger partial charge in [-0.05, 0) is 18.2 Å². The molecule has 0 aliphatic carbocycles. The van der Waals surface area contributed by atoms with Gasteiger partial charge >= 0.3 is 6.02 Å². The highest BCUT2D eigenvalue weighted by atomic mass is 16.5. The molecule has 0 saturated carbocycles. The SMILES string of the molecule is COc1ncccc1CN=C(NC#N)Oc1ccccc1. The largest absolute Gasteiger partial charge is 0.481 e. The van der Waals surface area contributed by atoms with E-state index in [0.717, 1.165) is 5.56 Å². The molecule has 0 amide bonds. The highest BCUT2D eigenvalue weighted by Crippen LogP contribution is 2.15. The van der Waals surface area contributed by atoms with Crippen LogP contribution in [0.1, 0.15) is 5.56 Å². The van der Waals surface area contributed by atoms with Crippen molar-refractivity contribution in [1.82, 2.24) is 10.3 Å². The fraction of sp³-hybridized carbons (Fsp3) is 0.133. The van der Waals surface area contributed by atoms with Crippen molar-refractivity contribution < 1.29 is 9.47 Å². The summed E-state index contributed by atoms with van der Waals surface area (Å²) in [6, 6.07) is 12.9. The zero-order valence-electron chi connectivity index (χ0n) is 11.5. The molecule has 0 saturated heterocycles. The lowest BCUT2D eigenvalue weighted by Gasteiger charge is -2.08. The third-order valence-corrected chi connectivity index (χ3v) is 2.56. The van der Waals surface area contributed by atoms with Crippen molar-refractivity contribution >= 4 is 6.02 Å². The van der Waals surface area contributed by atoms with Crippen LogP contribution in [0.25, 0.3) is 0 Å². The van der Waals surface area contributed by atoms with Crippen LogP contribution in [0.2, 0.25) is 0 Å². The van der Waals surface area contributed by atoms with Crippen LogP contribution in [-0.2, 0) is 6.54 Å². The van der Waals surface area contributed by atoms with E-state index in [9.17, 15) is 0 Å². The minimum absolute atomic E-state index is 0.120. The van der Waals surface area contributed by atoms with Crippen molar-refractivity contribution in [1.29, 1.82) is 5.26 Å². The number of nitrogens with one attached hydrogen (secondary N) is 1. The van der Waals surface area contributed by atoms with Gasteiger partial charge in [-0.15, -0.1) is 0 Å². The number of ether oxygens (including phenoxy) is 2. The zero-order valence-corrected chi connectivity index (χ0v) is 11.5. The lowest BCUT2D eigenvalue weighted by molar-refractivity contribution is 0.392. The summed E-state index contributed by atoms with van der Waals surface area (Å²) < 4.78 is 10.7. The molecule has 0 radical (unpaired) electrons. The number of aliphatic imine (C=N–C) groups is 1. The number of hydrogen-bond donors (Lipinski definition) is 1. The quantitative estimate of drug-likeness (QED) is 0.402. The van der Waals surface area contributed by atoms with Gasteiger partial charge in [0.1, 0.15) is 5.75 Å². The molecule has 0 aliphatic rings. The predicted octanol–water partition coefficient (Wildman–Crippen LogP) is 2.10. The molecular weight excluding hydrogens is 268 g/mol. The van der Waals surface area contributed by atoms with E-state index in [2.05, 4.69) is 15.3 Å². The number of methoxy groups -OCH3 is 1. The summed E-state index contributed by atoms with van der Waals surface area (Å²) in [5.74, 6) is 1.09. The molecule has 2 aromatic rings. The van der Waals surface area contributed by atoms with Gasteiger partial charge in [0.15, 0.2) is 6.19 Å². The molecule has 1 aromatic carbocycles. The van der Waals surface area contributed by atoms with Gasteiger partial charge in [-0.1, -0.05) is 24.3 Å². The Labute approximate surface area is 122 Å². The highest BCUT2D eigenvalue weighted by Gasteiger charge is 2.05. The highest BCUT2D eigenvalue weighted by molar-refractivity contribution is 5.77. The number of amidine groups is 1. The third kappa shape index (κ3) is 4.21. The van der Waals surface area contributed by atoms with Crippen molar-refractivity contribution in [2.24, 2.45) is 4.99 Å². The number of para-hydroxylation sites is 1. The van der Waals surface area contributed by atoms with Crippen LogP contribution in [0.15, 0.2) is 53.7 Å². The van der Waals surface area contributed by atoms with Gasteiger partial charge in [0, 0.05) is 11.8 Å². The molecule has 0 bridgehead atoms. The molecule has 21 heavy (non-hydrogen) atoms. The number of hydrogen-bond acceptors (Lipinski definition) is 5. The molecule has 0 aliphatic heterocycles. The molecule has 6 heteroatoms. The Bertz CT molecular complexity index is 650. The summed E-state index contributed by atoms with van der Waals surface area (Å²) in [7, 11) is 1.55. The number of nitriles is 1. The van der Waals surface area contributed by atoms with Gasteiger partial charge in [0.05, 0.1) is 13.7 Å². The van der Waals surface area contributed by atoms with Crippen LogP contribution < -0.4 is 14.8 Å². The summed E-state index contributed by atoms with van der Waals surface area (Å²) in [6.07, 6.45) is 3.44. The van der Waals surface area contributed by atoms with Crippen LogP contribution in [0.3, 0.4) is 0 Å². The first-order valence-electron chi connectivity index (χ1n) is 6.24. The number of rotatable bonds is 4. The second-order valence-corrected chi connectivity index (χ2v) is 3.95. The molecule has 0 fully saturated rings. The molecule has 1 aromatic heterocycles. The van der Waals surface area contributed by atoms with Gasteiger partial charge in [-0.2, -0.15) is 5.26 Å². The number of pyridine rings is 1. The maximum absolute atomic E-state index is 8.75. The minimum Gasteiger partial charge on any atom is -0.481 e. The third-order valence-electron chi connectivity index (χ3n) is 2.56. The van der Waals surface area contributed by atoms with Gasteiger partial charge < -0.3 is 9.47 Å². The molecule has 1 N–H and O–H groups in total. The lowest BCUT2D eigenvalue weighted by Crippen LogP contribution is -2.24. The van der Waals surface area contributed by atoms with E-state index in [1.165, 1.54) is 0 Å². The van der Waals surface area contributed by atoms with Crippen molar-refractivity contribution in [2.75, 3.05) is 7.11 Å². The molecule has 106 valence electrons. The Morgan fingerprint density at radius 1 is 1.29 bits per heavy atom. The standard InChI is InChI=1S/C15H14N4O2/c1-20-14-12(6-5-9-17-14)10-18-15(19-11-16)21-13-7-3-2-4-8-13/h2-9H,10H2,1H3,(H,18,19). The fourth-order valence-electron chi connectivity index (χ4n) is 1.63. The summed E-state index contributed by atoms with van der Waals surface area (Å²) in [5, 5.41) is 11.2. The molecule has 0 atom stereocenters. The van der Waals surface area contributed by atoms with E-state index in [1.807, 2.05) is 24.3 Å². The molecule has 0 unspecified atom stereocenters. The number of benzene rings is 1. The molecular formula is C15H14N4O2. The van der Waals surface area contributed by atoms with Crippen LogP contribution in [0.4, 0.5) is 0 Å². The van der Waals surface area contributed by atoms with E-state index in [-0.39, 0.29) is 12.6 Å². The molecule has 0 spiro atoms. The Balaban J connectivity index is 2.13.